The van der Waals surface area contributed by atoms with Crippen molar-refractivity contribution in [3.05, 3.63) is 12.3 Å². The van der Waals surface area contributed by atoms with E-state index in [1.807, 2.05) is 28.9 Å². The Labute approximate surface area is 122 Å². The number of nitrogens with zero attached hydrogens (tertiary/aromatic N) is 4. The first-order chi connectivity index (χ1) is 8.72. The van der Waals surface area contributed by atoms with Crippen LogP contribution in [0.2, 0.25) is 0 Å². The van der Waals surface area contributed by atoms with Gasteiger partial charge in [0.25, 0.3) is 0 Å². The number of halogens is 1. The molecule has 2 heterocycles. The van der Waals surface area contributed by atoms with Crippen LogP contribution in [-0.2, 0) is 9.53 Å². The number of hydrogen-bond donors (Lipinski definition) is 0. The number of fused-ring (bicyclic) bond motifs is 1. The van der Waals surface area contributed by atoms with E-state index >= 15 is 0 Å². The molecule has 2 aromatic rings. The predicted molar refractivity (Wildman–Crippen MR) is 76.7 cm³/mol. The van der Waals surface area contributed by atoms with Gasteiger partial charge in [0.15, 0.2) is 5.65 Å². The van der Waals surface area contributed by atoms with Crippen molar-refractivity contribution in [3.8, 4) is 0 Å². The lowest BCUT2D eigenvalue weighted by Crippen LogP contribution is -2.04. The van der Waals surface area contributed by atoms with Gasteiger partial charge >= 0.3 is 5.97 Å². The summed E-state index contributed by atoms with van der Waals surface area (Å²) in [5.74, 6) is 0.485. The van der Waals surface area contributed by atoms with Gasteiger partial charge in [-0.05, 0) is 13.0 Å². The molecule has 0 aliphatic rings. The third-order valence-electron chi connectivity index (χ3n) is 2.14. The van der Waals surface area contributed by atoms with E-state index < -0.39 is 0 Å². The summed E-state index contributed by atoms with van der Waals surface area (Å²) in [5, 5.41) is 7.97. The van der Waals surface area contributed by atoms with E-state index in [2.05, 4.69) is 15.3 Å². The largest absolute Gasteiger partial charge is 0.466 e. The molecule has 18 heavy (non-hydrogen) atoms. The second-order valence-electron chi connectivity index (χ2n) is 3.33. The van der Waals surface area contributed by atoms with Crippen LogP contribution in [0.5, 0.6) is 0 Å². The van der Waals surface area contributed by atoms with Gasteiger partial charge < -0.3 is 4.74 Å². The molecule has 0 saturated carbocycles. The number of rotatable bonds is 5. The number of carbonyl (C=O) groups excluding carboxylic acids is 1. The standard InChI is InChI=1S/C10H11IN4O2S/c1-2-17-8(16)4-6-18-7-3-5-12-10-9(7)13-14-15(10)11/h3,5H,2,4,6H2,1H3. The van der Waals surface area contributed by atoms with Gasteiger partial charge in [0.2, 0.25) is 0 Å². The molecular weight excluding hydrogens is 367 g/mol. The minimum atomic E-state index is -0.173. The third kappa shape index (κ3) is 3.10. The highest BCUT2D eigenvalue weighted by molar-refractivity contribution is 14.1. The van der Waals surface area contributed by atoms with E-state index in [-0.39, 0.29) is 5.97 Å². The van der Waals surface area contributed by atoms with Crippen molar-refractivity contribution in [2.24, 2.45) is 0 Å². The number of aromatic nitrogens is 4. The number of hydrogen-bond acceptors (Lipinski definition) is 6. The van der Waals surface area contributed by atoms with Crippen molar-refractivity contribution in [2.45, 2.75) is 18.2 Å². The summed E-state index contributed by atoms with van der Waals surface area (Å²) in [4.78, 5) is 16.4. The fraction of sp³-hybridized carbons (Fsp3) is 0.400. The first kappa shape index (κ1) is 13.5. The lowest BCUT2D eigenvalue weighted by molar-refractivity contribution is -0.142. The average molecular weight is 378 g/mol. The maximum atomic E-state index is 11.2. The summed E-state index contributed by atoms with van der Waals surface area (Å²) >= 11 is 3.58. The zero-order valence-electron chi connectivity index (χ0n) is 9.67. The van der Waals surface area contributed by atoms with Crippen molar-refractivity contribution in [1.29, 1.82) is 0 Å². The Balaban J connectivity index is 2.01. The average Bonchev–Trinajstić information content (AvgIpc) is 2.73. The zero-order valence-corrected chi connectivity index (χ0v) is 12.6. The zero-order chi connectivity index (χ0) is 13.0. The topological polar surface area (TPSA) is 69.9 Å². The number of esters is 1. The fourth-order valence-corrected chi connectivity index (χ4v) is 2.74. The molecule has 2 rings (SSSR count). The van der Waals surface area contributed by atoms with E-state index in [4.69, 9.17) is 4.74 Å². The van der Waals surface area contributed by atoms with Gasteiger partial charge in [0, 0.05) is 16.8 Å². The maximum absolute atomic E-state index is 11.2. The highest BCUT2D eigenvalue weighted by Crippen LogP contribution is 2.25. The van der Waals surface area contributed by atoms with Crippen LogP contribution in [0.4, 0.5) is 0 Å². The number of carbonyl (C=O) groups is 1. The van der Waals surface area contributed by atoms with Crippen molar-refractivity contribution in [3.63, 3.8) is 0 Å². The molecule has 0 aliphatic heterocycles. The molecule has 0 radical (unpaired) electrons. The molecule has 96 valence electrons. The highest BCUT2D eigenvalue weighted by atomic mass is 127. The van der Waals surface area contributed by atoms with Gasteiger partial charge in [-0.1, -0.05) is 5.21 Å². The predicted octanol–water partition coefficient (Wildman–Crippen LogP) is 2.07. The van der Waals surface area contributed by atoms with E-state index in [0.29, 0.717) is 18.8 Å². The lowest BCUT2D eigenvalue weighted by Gasteiger charge is -2.02. The monoisotopic (exact) mass is 378 g/mol. The van der Waals surface area contributed by atoms with Gasteiger partial charge in [-0.3, -0.25) is 4.79 Å². The number of pyridine rings is 1. The van der Waals surface area contributed by atoms with Crippen LogP contribution in [0, 0.1) is 0 Å². The SMILES string of the molecule is CCOC(=O)CCSc1ccnc2c1nnn2I. The Hall–Kier alpha value is -0.900. The molecular formula is C10H11IN4O2S. The van der Waals surface area contributed by atoms with Crippen LogP contribution < -0.4 is 0 Å². The highest BCUT2D eigenvalue weighted by Gasteiger charge is 2.10. The Morgan fingerprint density at radius 3 is 3.22 bits per heavy atom. The lowest BCUT2D eigenvalue weighted by atomic mass is 10.4. The van der Waals surface area contributed by atoms with E-state index in [0.717, 1.165) is 16.1 Å². The van der Waals surface area contributed by atoms with Crippen LogP contribution >= 0.6 is 34.6 Å². The molecule has 0 aromatic carbocycles. The molecule has 2 aromatic heterocycles. The summed E-state index contributed by atoms with van der Waals surface area (Å²) in [6, 6.07) is 1.88. The Kier molecular flexibility index (Phi) is 4.75. The smallest absolute Gasteiger partial charge is 0.306 e. The molecule has 0 unspecified atom stereocenters. The second kappa shape index (κ2) is 6.32. The van der Waals surface area contributed by atoms with Crippen LogP contribution in [0.1, 0.15) is 13.3 Å². The molecule has 0 fully saturated rings. The molecule has 0 saturated heterocycles. The molecule has 0 bridgehead atoms. The van der Waals surface area contributed by atoms with Gasteiger partial charge in [0.1, 0.15) is 5.52 Å². The second-order valence-corrected chi connectivity index (χ2v) is 5.39. The summed E-state index contributed by atoms with van der Waals surface area (Å²) in [6.45, 7) is 2.22. The summed E-state index contributed by atoms with van der Waals surface area (Å²) in [6.07, 6.45) is 2.11. The van der Waals surface area contributed by atoms with E-state index in [1.165, 1.54) is 0 Å². The Morgan fingerprint density at radius 1 is 1.61 bits per heavy atom. The van der Waals surface area contributed by atoms with Gasteiger partial charge in [-0.15, -0.1) is 16.9 Å². The fourth-order valence-electron chi connectivity index (χ4n) is 1.38. The number of ether oxygens (including phenoxy) is 1. The molecule has 0 atom stereocenters. The van der Waals surface area contributed by atoms with Crippen molar-refractivity contribution in [2.75, 3.05) is 12.4 Å². The normalized spacial score (nSPS) is 10.8. The molecule has 6 nitrogen and oxygen atoms in total. The molecule has 8 heteroatoms. The van der Waals surface area contributed by atoms with E-state index in [1.54, 1.807) is 27.8 Å². The van der Waals surface area contributed by atoms with Crippen LogP contribution in [-0.4, -0.2) is 36.5 Å². The quantitative estimate of drug-likeness (QED) is 0.451. The van der Waals surface area contributed by atoms with Gasteiger partial charge in [-0.25, -0.2) is 4.98 Å². The van der Waals surface area contributed by atoms with Crippen LogP contribution in [0.3, 0.4) is 0 Å². The molecule has 0 aliphatic carbocycles. The van der Waals surface area contributed by atoms with Gasteiger partial charge in [0.05, 0.1) is 35.9 Å². The molecule has 0 N–H and O–H groups in total. The van der Waals surface area contributed by atoms with E-state index in [9.17, 15) is 4.79 Å². The minimum Gasteiger partial charge on any atom is -0.466 e. The van der Waals surface area contributed by atoms with Crippen molar-refractivity contribution in [1.82, 2.24) is 18.2 Å². The number of thioether (sulfide) groups is 1. The molecule has 0 amide bonds. The summed E-state index contributed by atoms with van der Waals surface area (Å²) in [5.41, 5.74) is 1.50. The van der Waals surface area contributed by atoms with Crippen LogP contribution in [0.15, 0.2) is 17.2 Å². The van der Waals surface area contributed by atoms with Crippen molar-refractivity contribution < 1.29 is 9.53 Å². The summed E-state index contributed by atoms with van der Waals surface area (Å²) in [7, 11) is 0. The first-order valence-electron chi connectivity index (χ1n) is 5.37. The third-order valence-corrected chi connectivity index (χ3v) is 3.83. The van der Waals surface area contributed by atoms with Crippen molar-refractivity contribution >= 4 is 51.8 Å². The Morgan fingerprint density at radius 2 is 2.44 bits per heavy atom. The minimum absolute atomic E-state index is 0.173. The maximum Gasteiger partial charge on any atom is 0.306 e. The molecule has 0 spiro atoms. The summed E-state index contributed by atoms with van der Waals surface area (Å²) < 4.78 is 6.47. The van der Waals surface area contributed by atoms with Gasteiger partial charge in [-0.2, -0.15) is 2.90 Å². The first-order valence-corrected chi connectivity index (χ1v) is 7.32. The Bertz CT molecular complexity index is 560. The van der Waals surface area contributed by atoms with Crippen LogP contribution in [0.25, 0.3) is 11.2 Å².